The summed E-state index contributed by atoms with van der Waals surface area (Å²) in [4.78, 5) is 22.5. The maximum Gasteiger partial charge on any atom is 0.311 e. The Morgan fingerprint density at radius 1 is 1.21 bits per heavy atom. The van der Waals surface area contributed by atoms with Crippen LogP contribution in [-0.2, 0) is 0 Å². The Kier molecular flexibility index (Phi) is 5.85. The molecule has 8 heteroatoms. The average molecular weight is 439 g/mol. The molecule has 24 heavy (non-hydrogen) atoms. The lowest BCUT2D eigenvalue weighted by Crippen LogP contribution is -2.19. The highest BCUT2D eigenvalue weighted by atomic mass is 127. The molecule has 1 amide bonds. The van der Waals surface area contributed by atoms with E-state index in [1.807, 2.05) is 12.1 Å². The minimum atomic E-state index is -0.528. The van der Waals surface area contributed by atoms with Crippen LogP contribution in [0.5, 0.6) is 5.75 Å². The number of methoxy groups -OCH3 is 1. The lowest BCUT2D eigenvalue weighted by molar-refractivity contribution is -0.385. The number of benzene rings is 2. The van der Waals surface area contributed by atoms with Crippen LogP contribution in [0.25, 0.3) is 0 Å². The summed E-state index contributed by atoms with van der Waals surface area (Å²) in [5.74, 6) is -0.187. The number of hydrazone groups is 1. The first-order chi connectivity index (χ1) is 11.4. The Hall–Kier alpha value is -2.49. The first-order valence-electron chi connectivity index (χ1n) is 6.85. The Morgan fingerprint density at radius 2 is 1.83 bits per heavy atom. The number of ether oxygens (including phenoxy) is 1. The number of carbonyl (C=O) groups excluding carboxylic acids is 1. The summed E-state index contributed by atoms with van der Waals surface area (Å²) < 4.78 is 5.98. The molecule has 0 saturated carbocycles. The standard InChI is InChI=1S/C16H14IN3O4/c1-10(12-5-8-15(24-2)14(9-12)20(22)23)18-19-16(21)11-3-6-13(17)7-4-11/h3-9H,1-2H3,(H,19,21)/b18-10-. The number of carbonyl (C=O) groups is 1. The molecule has 1 N–H and O–H groups in total. The molecule has 0 radical (unpaired) electrons. The number of hydrogen-bond donors (Lipinski definition) is 1. The molecule has 0 saturated heterocycles. The summed E-state index contributed by atoms with van der Waals surface area (Å²) >= 11 is 2.15. The molecule has 0 atom stereocenters. The topological polar surface area (TPSA) is 93.8 Å². The van der Waals surface area contributed by atoms with Crippen molar-refractivity contribution in [1.82, 2.24) is 5.43 Å². The molecular weight excluding hydrogens is 425 g/mol. The molecule has 0 bridgehead atoms. The van der Waals surface area contributed by atoms with E-state index in [4.69, 9.17) is 4.74 Å². The number of nitro benzene ring substituents is 1. The van der Waals surface area contributed by atoms with Gasteiger partial charge in [-0.25, -0.2) is 5.43 Å². The molecule has 0 spiro atoms. The molecule has 0 aliphatic heterocycles. The number of nitrogens with zero attached hydrogens (tertiary/aromatic N) is 2. The molecular formula is C16H14IN3O4. The van der Waals surface area contributed by atoms with Gasteiger partial charge in [-0.2, -0.15) is 5.10 Å². The molecule has 124 valence electrons. The Balaban J connectivity index is 2.18. The van der Waals surface area contributed by atoms with Gasteiger partial charge in [-0.1, -0.05) is 0 Å². The van der Waals surface area contributed by atoms with Gasteiger partial charge < -0.3 is 4.74 Å². The second-order valence-corrected chi connectivity index (χ2v) is 6.03. The molecule has 0 unspecified atom stereocenters. The SMILES string of the molecule is COc1ccc(/C(C)=N\NC(=O)c2ccc(I)cc2)cc1[N+](=O)[O-]. The predicted octanol–water partition coefficient (Wildman–Crippen LogP) is 3.36. The maximum atomic E-state index is 12.0. The minimum absolute atomic E-state index is 0.159. The van der Waals surface area contributed by atoms with Gasteiger partial charge in [0.2, 0.25) is 0 Å². The van der Waals surface area contributed by atoms with E-state index in [2.05, 4.69) is 33.1 Å². The Morgan fingerprint density at radius 3 is 2.42 bits per heavy atom. The van der Waals surface area contributed by atoms with Crippen LogP contribution in [0.1, 0.15) is 22.8 Å². The summed E-state index contributed by atoms with van der Waals surface area (Å²) in [5.41, 5.74) is 3.72. The van der Waals surface area contributed by atoms with Gasteiger partial charge in [-0.3, -0.25) is 14.9 Å². The molecule has 0 fully saturated rings. The second-order valence-electron chi connectivity index (χ2n) is 4.79. The van der Waals surface area contributed by atoms with E-state index in [9.17, 15) is 14.9 Å². The zero-order chi connectivity index (χ0) is 17.7. The maximum absolute atomic E-state index is 12.0. The number of hydrogen-bond acceptors (Lipinski definition) is 5. The largest absolute Gasteiger partial charge is 0.490 e. The quantitative estimate of drug-likeness (QED) is 0.335. The number of nitro groups is 1. The number of rotatable bonds is 5. The van der Waals surface area contributed by atoms with Crippen LogP contribution in [0, 0.1) is 13.7 Å². The highest BCUT2D eigenvalue weighted by Gasteiger charge is 2.16. The fraction of sp³-hybridized carbons (Fsp3) is 0.125. The van der Waals surface area contributed by atoms with Gasteiger partial charge in [0.1, 0.15) is 0 Å². The van der Waals surface area contributed by atoms with Crippen LogP contribution in [0.4, 0.5) is 5.69 Å². The van der Waals surface area contributed by atoms with Crippen molar-refractivity contribution < 1.29 is 14.5 Å². The number of amides is 1. The van der Waals surface area contributed by atoms with Crippen molar-refractivity contribution in [3.8, 4) is 5.75 Å². The predicted molar refractivity (Wildman–Crippen MR) is 98.5 cm³/mol. The van der Waals surface area contributed by atoms with Crippen molar-refractivity contribution in [1.29, 1.82) is 0 Å². The first kappa shape index (κ1) is 17.9. The summed E-state index contributed by atoms with van der Waals surface area (Å²) in [6, 6.07) is 11.5. The van der Waals surface area contributed by atoms with Crippen molar-refractivity contribution in [2.75, 3.05) is 7.11 Å². The van der Waals surface area contributed by atoms with E-state index in [0.29, 0.717) is 16.8 Å². The van der Waals surface area contributed by atoms with E-state index >= 15 is 0 Å². The van der Waals surface area contributed by atoms with Gasteiger partial charge >= 0.3 is 5.69 Å². The second kappa shape index (κ2) is 7.86. The van der Waals surface area contributed by atoms with E-state index < -0.39 is 4.92 Å². The summed E-state index contributed by atoms with van der Waals surface area (Å²) in [6.07, 6.45) is 0. The Bertz CT molecular complexity index is 803. The van der Waals surface area contributed by atoms with Crippen LogP contribution in [0.3, 0.4) is 0 Å². The van der Waals surface area contributed by atoms with E-state index in [1.54, 1.807) is 25.1 Å². The number of nitrogens with one attached hydrogen (secondary N) is 1. The van der Waals surface area contributed by atoms with Crippen LogP contribution in [0.2, 0.25) is 0 Å². The van der Waals surface area contributed by atoms with Crippen molar-refractivity contribution in [3.63, 3.8) is 0 Å². The first-order valence-corrected chi connectivity index (χ1v) is 7.93. The lowest BCUT2D eigenvalue weighted by atomic mass is 10.1. The molecule has 0 heterocycles. The molecule has 2 rings (SSSR count). The van der Waals surface area contributed by atoms with Crippen LogP contribution >= 0.6 is 22.6 Å². The smallest absolute Gasteiger partial charge is 0.311 e. The molecule has 7 nitrogen and oxygen atoms in total. The van der Waals surface area contributed by atoms with E-state index in [-0.39, 0.29) is 17.3 Å². The molecule has 0 aliphatic rings. The third kappa shape index (κ3) is 4.28. The van der Waals surface area contributed by atoms with Gasteiger partial charge in [0.25, 0.3) is 5.91 Å². The van der Waals surface area contributed by atoms with Crippen LogP contribution in [-0.4, -0.2) is 23.7 Å². The van der Waals surface area contributed by atoms with E-state index in [1.165, 1.54) is 19.2 Å². The highest BCUT2D eigenvalue weighted by Crippen LogP contribution is 2.27. The van der Waals surface area contributed by atoms with Gasteiger partial charge in [0.15, 0.2) is 5.75 Å². The lowest BCUT2D eigenvalue weighted by Gasteiger charge is -2.06. The third-order valence-corrected chi connectivity index (χ3v) is 3.94. The number of halogens is 1. The van der Waals surface area contributed by atoms with Crippen molar-refractivity contribution in [2.24, 2.45) is 5.10 Å². The fourth-order valence-electron chi connectivity index (χ4n) is 1.92. The summed E-state index contributed by atoms with van der Waals surface area (Å²) in [5, 5.41) is 15.1. The van der Waals surface area contributed by atoms with Gasteiger partial charge in [-0.05, 0) is 65.9 Å². The van der Waals surface area contributed by atoms with Crippen LogP contribution < -0.4 is 10.2 Å². The Labute approximate surface area is 152 Å². The van der Waals surface area contributed by atoms with Gasteiger partial charge in [0, 0.05) is 20.8 Å². The van der Waals surface area contributed by atoms with Crippen molar-refractivity contribution >= 4 is 39.9 Å². The molecule has 2 aromatic carbocycles. The minimum Gasteiger partial charge on any atom is -0.490 e. The zero-order valence-electron chi connectivity index (χ0n) is 12.9. The van der Waals surface area contributed by atoms with Crippen LogP contribution in [0.15, 0.2) is 47.6 Å². The summed E-state index contributed by atoms with van der Waals surface area (Å²) in [6.45, 7) is 1.65. The van der Waals surface area contributed by atoms with Gasteiger partial charge in [-0.15, -0.1) is 0 Å². The third-order valence-electron chi connectivity index (χ3n) is 3.22. The normalized spacial score (nSPS) is 11.0. The molecule has 0 aromatic heterocycles. The van der Waals surface area contributed by atoms with Gasteiger partial charge in [0.05, 0.1) is 17.7 Å². The average Bonchev–Trinajstić information content (AvgIpc) is 2.59. The monoisotopic (exact) mass is 439 g/mol. The van der Waals surface area contributed by atoms with Crippen molar-refractivity contribution in [2.45, 2.75) is 6.92 Å². The fourth-order valence-corrected chi connectivity index (χ4v) is 2.28. The zero-order valence-corrected chi connectivity index (χ0v) is 15.1. The van der Waals surface area contributed by atoms with Crippen molar-refractivity contribution in [3.05, 3.63) is 67.3 Å². The molecule has 2 aromatic rings. The van der Waals surface area contributed by atoms with E-state index in [0.717, 1.165) is 3.57 Å². The summed E-state index contributed by atoms with van der Waals surface area (Å²) in [7, 11) is 1.37. The highest BCUT2D eigenvalue weighted by molar-refractivity contribution is 14.1. The molecule has 0 aliphatic carbocycles.